The maximum Gasteiger partial charge on any atom is 0.337 e. The topological polar surface area (TPSA) is 66.9 Å². The SMILES string of the molecule is COC(=O)c1ccc(N(C)C(=O)C2CC[C@H]3[C@@H]4CCC5N(C)C(=O)C=C[C@]5(C)[C@@H]4CC[C@]23C)cc1. The number of anilines is 1. The van der Waals surface area contributed by atoms with Gasteiger partial charge in [0.05, 0.1) is 12.7 Å². The molecule has 6 nitrogen and oxygen atoms in total. The molecule has 7 atom stereocenters. The van der Waals surface area contributed by atoms with E-state index in [-0.39, 0.29) is 40.6 Å². The molecule has 188 valence electrons. The van der Waals surface area contributed by atoms with E-state index in [1.54, 1.807) is 23.1 Å². The van der Waals surface area contributed by atoms with Gasteiger partial charge in [-0.15, -0.1) is 0 Å². The first-order chi connectivity index (χ1) is 16.6. The number of fused-ring (bicyclic) bond motifs is 5. The van der Waals surface area contributed by atoms with Crippen LogP contribution in [0.25, 0.3) is 0 Å². The fourth-order valence-electron chi connectivity index (χ4n) is 8.44. The lowest BCUT2D eigenvalue weighted by molar-refractivity contribution is -0.141. The zero-order valence-corrected chi connectivity index (χ0v) is 21.6. The lowest BCUT2D eigenvalue weighted by atomic mass is 9.47. The molecule has 0 bridgehead atoms. The van der Waals surface area contributed by atoms with Crippen molar-refractivity contribution >= 4 is 23.5 Å². The van der Waals surface area contributed by atoms with Gasteiger partial charge in [-0.3, -0.25) is 9.59 Å². The Morgan fingerprint density at radius 3 is 2.43 bits per heavy atom. The molecule has 0 N–H and O–H groups in total. The van der Waals surface area contributed by atoms with Crippen LogP contribution >= 0.6 is 0 Å². The number of hydrogen-bond donors (Lipinski definition) is 0. The Labute approximate surface area is 208 Å². The number of amides is 2. The van der Waals surface area contributed by atoms with Gasteiger partial charge in [0.2, 0.25) is 11.8 Å². The Morgan fingerprint density at radius 2 is 1.74 bits per heavy atom. The van der Waals surface area contributed by atoms with Crippen molar-refractivity contribution in [3.8, 4) is 0 Å². The third-order valence-electron chi connectivity index (χ3n) is 10.4. The number of methoxy groups -OCH3 is 1. The molecule has 1 heterocycles. The Balaban J connectivity index is 1.36. The van der Waals surface area contributed by atoms with Gasteiger partial charge in [0.15, 0.2) is 0 Å². The second kappa shape index (κ2) is 8.49. The van der Waals surface area contributed by atoms with Crippen molar-refractivity contribution in [1.82, 2.24) is 4.90 Å². The molecule has 3 saturated carbocycles. The van der Waals surface area contributed by atoms with Crippen molar-refractivity contribution in [3.63, 3.8) is 0 Å². The van der Waals surface area contributed by atoms with Crippen molar-refractivity contribution in [2.75, 3.05) is 26.1 Å². The van der Waals surface area contributed by atoms with Gasteiger partial charge in [-0.25, -0.2) is 4.79 Å². The lowest BCUT2D eigenvalue weighted by Crippen LogP contribution is -2.59. The average molecular weight is 479 g/mol. The summed E-state index contributed by atoms with van der Waals surface area (Å²) in [6, 6.07) is 7.36. The fraction of sp³-hybridized carbons (Fsp3) is 0.621. The summed E-state index contributed by atoms with van der Waals surface area (Å²) in [6.45, 7) is 4.72. The van der Waals surface area contributed by atoms with Crippen LogP contribution in [0.15, 0.2) is 36.4 Å². The highest BCUT2D eigenvalue weighted by Crippen LogP contribution is 2.65. The van der Waals surface area contributed by atoms with Gasteiger partial charge < -0.3 is 14.5 Å². The third-order valence-corrected chi connectivity index (χ3v) is 10.4. The predicted octanol–water partition coefficient (Wildman–Crippen LogP) is 4.69. The maximum atomic E-state index is 13.8. The summed E-state index contributed by atoms with van der Waals surface area (Å²) in [6.07, 6.45) is 10.4. The normalized spacial score (nSPS) is 37.8. The Kier molecular flexibility index (Phi) is 5.84. The first-order valence-electron chi connectivity index (χ1n) is 13.0. The van der Waals surface area contributed by atoms with Crippen LogP contribution in [0.2, 0.25) is 0 Å². The summed E-state index contributed by atoms with van der Waals surface area (Å²) < 4.78 is 4.79. The zero-order chi connectivity index (χ0) is 25.1. The number of rotatable bonds is 3. The Morgan fingerprint density at radius 1 is 1.03 bits per heavy atom. The van der Waals surface area contributed by atoms with Crippen molar-refractivity contribution in [2.24, 2.45) is 34.5 Å². The molecule has 0 spiro atoms. The minimum absolute atomic E-state index is 0.00175. The molecule has 5 rings (SSSR count). The molecule has 2 amide bonds. The maximum absolute atomic E-state index is 13.8. The van der Waals surface area contributed by atoms with Crippen LogP contribution in [0.5, 0.6) is 0 Å². The molecule has 6 heteroatoms. The van der Waals surface area contributed by atoms with Crippen LogP contribution in [0.1, 0.15) is 62.7 Å². The van der Waals surface area contributed by atoms with Gasteiger partial charge in [0, 0.05) is 37.2 Å². The summed E-state index contributed by atoms with van der Waals surface area (Å²) in [4.78, 5) is 41.6. The largest absolute Gasteiger partial charge is 0.465 e. The molecule has 35 heavy (non-hydrogen) atoms. The minimum atomic E-state index is -0.375. The summed E-state index contributed by atoms with van der Waals surface area (Å²) in [7, 11) is 5.18. The number of benzene rings is 1. The molecule has 0 saturated heterocycles. The first kappa shape index (κ1) is 24.1. The highest BCUT2D eigenvalue weighted by molar-refractivity contribution is 5.96. The van der Waals surface area contributed by atoms with Gasteiger partial charge in [-0.1, -0.05) is 19.9 Å². The molecular formula is C29H38N2O4. The average Bonchev–Trinajstić information content (AvgIpc) is 3.22. The molecule has 1 aromatic carbocycles. The molecule has 1 aromatic rings. The number of likely N-dealkylation sites (N-methyl/N-ethyl adjacent to an activating group) is 1. The van der Waals surface area contributed by atoms with Crippen LogP contribution < -0.4 is 4.90 Å². The second-order valence-electron chi connectivity index (χ2n) is 11.7. The molecule has 0 radical (unpaired) electrons. The van der Waals surface area contributed by atoms with E-state index in [1.165, 1.54) is 7.11 Å². The quantitative estimate of drug-likeness (QED) is 0.591. The van der Waals surface area contributed by atoms with Crippen molar-refractivity contribution < 1.29 is 19.1 Å². The summed E-state index contributed by atoms with van der Waals surface area (Å²) in [5, 5.41) is 0. The number of carbonyl (C=O) groups is 3. The van der Waals surface area contributed by atoms with E-state index in [1.807, 2.05) is 31.1 Å². The van der Waals surface area contributed by atoms with E-state index < -0.39 is 0 Å². The Bertz CT molecular complexity index is 1060. The molecule has 0 aromatic heterocycles. The van der Waals surface area contributed by atoms with E-state index in [2.05, 4.69) is 19.9 Å². The van der Waals surface area contributed by atoms with Crippen LogP contribution in [0.3, 0.4) is 0 Å². The fourth-order valence-corrected chi connectivity index (χ4v) is 8.44. The molecule has 4 aliphatic rings. The highest BCUT2D eigenvalue weighted by atomic mass is 16.5. The summed E-state index contributed by atoms with van der Waals surface area (Å²) >= 11 is 0. The molecule has 1 aliphatic heterocycles. The number of esters is 1. The minimum Gasteiger partial charge on any atom is -0.465 e. The predicted molar refractivity (Wildman–Crippen MR) is 135 cm³/mol. The number of carbonyl (C=O) groups excluding carboxylic acids is 3. The van der Waals surface area contributed by atoms with E-state index in [9.17, 15) is 14.4 Å². The van der Waals surface area contributed by atoms with E-state index in [0.29, 0.717) is 23.3 Å². The molecule has 3 fully saturated rings. The smallest absolute Gasteiger partial charge is 0.337 e. The zero-order valence-electron chi connectivity index (χ0n) is 21.6. The summed E-state index contributed by atoms with van der Waals surface area (Å²) in [5.41, 5.74) is 1.31. The lowest BCUT2D eigenvalue weighted by Gasteiger charge is -2.60. The van der Waals surface area contributed by atoms with Crippen molar-refractivity contribution in [1.29, 1.82) is 0 Å². The molecule has 2 unspecified atom stereocenters. The van der Waals surface area contributed by atoms with Gasteiger partial charge >= 0.3 is 5.97 Å². The monoisotopic (exact) mass is 478 g/mol. The van der Waals surface area contributed by atoms with Crippen LogP contribution in [-0.2, 0) is 14.3 Å². The molecular weight excluding hydrogens is 440 g/mol. The number of hydrogen-bond acceptors (Lipinski definition) is 4. The van der Waals surface area contributed by atoms with Crippen molar-refractivity contribution in [3.05, 3.63) is 42.0 Å². The standard InChI is InChI=1S/C29H38N2O4/c1-28-16-14-22-20(10-13-24-29(22,2)17-15-25(32)31(24)4)21(28)11-12-23(28)26(33)30(3)19-8-6-18(7-9-19)27(34)35-5/h6-9,15,17,20-24H,10-14,16H2,1-5H3/t20-,21-,22+,23?,24?,28-,29+/m0/s1. The van der Waals surface area contributed by atoms with Gasteiger partial charge in [-0.2, -0.15) is 0 Å². The second-order valence-corrected chi connectivity index (χ2v) is 11.7. The third kappa shape index (κ3) is 3.54. The van der Waals surface area contributed by atoms with E-state index in [4.69, 9.17) is 4.74 Å². The molecule has 3 aliphatic carbocycles. The van der Waals surface area contributed by atoms with Crippen LogP contribution in [-0.4, -0.2) is 49.9 Å². The highest BCUT2D eigenvalue weighted by Gasteiger charge is 2.61. The van der Waals surface area contributed by atoms with Gasteiger partial charge in [0.25, 0.3) is 0 Å². The van der Waals surface area contributed by atoms with E-state index in [0.717, 1.165) is 44.2 Å². The Hall–Kier alpha value is -2.63. The van der Waals surface area contributed by atoms with Crippen molar-refractivity contribution in [2.45, 2.75) is 58.4 Å². The number of nitrogens with zero attached hydrogens (tertiary/aromatic N) is 2. The van der Waals surface area contributed by atoms with Gasteiger partial charge in [0.1, 0.15) is 0 Å². The van der Waals surface area contributed by atoms with Gasteiger partial charge in [-0.05, 0) is 92.0 Å². The van der Waals surface area contributed by atoms with Crippen LogP contribution in [0, 0.1) is 34.5 Å². The van der Waals surface area contributed by atoms with Crippen LogP contribution in [0.4, 0.5) is 5.69 Å². The number of ether oxygens (including phenoxy) is 1. The first-order valence-corrected chi connectivity index (χ1v) is 13.0. The van der Waals surface area contributed by atoms with E-state index >= 15 is 0 Å². The summed E-state index contributed by atoms with van der Waals surface area (Å²) in [5.74, 6) is 1.64.